The zero-order chi connectivity index (χ0) is 29.5. The molecule has 0 radical (unpaired) electrons. The number of amides is 1. The Morgan fingerprint density at radius 1 is 1.00 bits per heavy atom. The minimum atomic E-state index is -4.64. The molecule has 0 spiro atoms. The number of hydrogen-bond acceptors (Lipinski definition) is 5. The summed E-state index contributed by atoms with van der Waals surface area (Å²) in [5, 5.41) is 10.9. The van der Waals surface area contributed by atoms with Crippen LogP contribution in [0.1, 0.15) is 50.7 Å². The van der Waals surface area contributed by atoms with Gasteiger partial charge in [-0.1, -0.05) is 42.8 Å². The van der Waals surface area contributed by atoms with Gasteiger partial charge in [0, 0.05) is 24.0 Å². The second-order valence-electron chi connectivity index (χ2n) is 9.60. The topological polar surface area (TPSA) is 99.7 Å². The fourth-order valence-corrected chi connectivity index (χ4v) is 4.20. The predicted molar refractivity (Wildman–Crippen MR) is 148 cm³/mol. The highest BCUT2D eigenvalue weighted by Crippen LogP contribution is 2.26. The molecular formula is C30H37F3N2O5. The van der Waals surface area contributed by atoms with Crippen molar-refractivity contribution in [1.82, 2.24) is 9.88 Å². The molecule has 0 aliphatic rings. The number of aromatic hydroxyl groups is 1. The largest absolute Gasteiger partial charge is 0.506 e. The lowest BCUT2D eigenvalue weighted by Crippen LogP contribution is -2.38. The van der Waals surface area contributed by atoms with E-state index in [1.54, 1.807) is 12.1 Å². The fourth-order valence-electron chi connectivity index (χ4n) is 4.20. The van der Waals surface area contributed by atoms with E-state index < -0.39 is 12.5 Å². The Hall–Kier alpha value is -3.66. The maximum Gasteiger partial charge on any atom is 0.446 e. The van der Waals surface area contributed by atoms with Gasteiger partial charge in [0.25, 0.3) is 0 Å². The molecule has 7 nitrogen and oxygen atoms in total. The minimum absolute atomic E-state index is 0.0894. The number of unbranched alkanes of at least 4 members (excludes halogenated alkanes) is 2. The van der Waals surface area contributed by atoms with Crippen LogP contribution in [0.5, 0.6) is 5.75 Å². The molecule has 0 fully saturated rings. The van der Waals surface area contributed by atoms with Gasteiger partial charge in [0.15, 0.2) is 0 Å². The molecule has 218 valence electrons. The van der Waals surface area contributed by atoms with Gasteiger partial charge in [-0.05, 0) is 62.8 Å². The Balaban J connectivity index is 0.000000840. The number of phenolic OH excluding ortho intramolecular Hbond substituents is 1. The molecule has 0 saturated carbocycles. The number of aromatic nitrogens is 1. The van der Waals surface area contributed by atoms with Gasteiger partial charge >= 0.3 is 6.18 Å². The summed E-state index contributed by atoms with van der Waals surface area (Å²) in [6, 6.07) is 17.2. The molecule has 0 saturated heterocycles. The van der Waals surface area contributed by atoms with E-state index in [4.69, 9.17) is 9.53 Å². The standard InChI is InChI=1S/C28H36N2O4.C2HF3O/c1-21(2)30(27(33)17-20-34-19-16-22-9-5-3-6-10-22)18-8-4-7-11-23-12-14-25(31)28-24(23)13-15-26(32)29-28;3-2(4,5)1-6/h3,5-6,9-10,12-15,21,31H,4,7-8,11,16-20H2,1-2H3,(H,29,32);1H. The lowest BCUT2D eigenvalue weighted by molar-refractivity contribution is -0.156. The Bertz CT molecular complexity index is 1260. The molecule has 1 heterocycles. The molecule has 1 amide bonds. The van der Waals surface area contributed by atoms with Crippen LogP contribution in [0.2, 0.25) is 0 Å². The van der Waals surface area contributed by atoms with E-state index in [0.29, 0.717) is 25.2 Å². The highest BCUT2D eigenvalue weighted by Gasteiger charge is 2.25. The summed E-state index contributed by atoms with van der Waals surface area (Å²) in [6.45, 7) is 5.92. The Labute approximate surface area is 232 Å². The lowest BCUT2D eigenvalue weighted by Gasteiger charge is -2.27. The van der Waals surface area contributed by atoms with E-state index >= 15 is 0 Å². The van der Waals surface area contributed by atoms with Gasteiger partial charge in [-0.25, -0.2) is 0 Å². The summed E-state index contributed by atoms with van der Waals surface area (Å²) >= 11 is 0. The highest BCUT2D eigenvalue weighted by atomic mass is 19.4. The second kappa shape index (κ2) is 16.4. The van der Waals surface area contributed by atoms with E-state index in [1.165, 1.54) is 11.6 Å². The lowest BCUT2D eigenvalue weighted by atomic mass is 10.0. The van der Waals surface area contributed by atoms with Crippen molar-refractivity contribution in [2.24, 2.45) is 0 Å². The van der Waals surface area contributed by atoms with Crippen molar-refractivity contribution in [2.75, 3.05) is 19.8 Å². The Morgan fingerprint density at radius 3 is 2.35 bits per heavy atom. The molecule has 0 bridgehead atoms. The van der Waals surface area contributed by atoms with E-state index in [9.17, 15) is 27.9 Å². The summed E-state index contributed by atoms with van der Waals surface area (Å²) in [7, 11) is 0. The van der Waals surface area contributed by atoms with Gasteiger partial charge in [0.2, 0.25) is 17.8 Å². The zero-order valence-electron chi connectivity index (χ0n) is 22.9. The quantitative estimate of drug-likeness (QED) is 0.209. The molecule has 3 aromatic rings. The van der Waals surface area contributed by atoms with Gasteiger partial charge in [0.1, 0.15) is 5.75 Å². The monoisotopic (exact) mass is 562 g/mol. The van der Waals surface area contributed by atoms with Crippen molar-refractivity contribution in [3.63, 3.8) is 0 Å². The number of halogens is 3. The van der Waals surface area contributed by atoms with Crippen LogP contribution in [-0.4, -0.2) is 59.2 Å². The van der Waals surface area contributed by atoms with E-state index in [0.717, 1.165) is 49.6 Å². The summed E-state index contributed by atoms with van der Waals surface area (Å²) in [5.41, 5.74) is 2.62. The molecule has 0 aliphatic carbocycles. The summed E-state index contributed by atoms with van der Waals surface area (Å²) in [4.78, 5) is 37.6. The van der Waals surface area contributed by atoms with Gasteiger partial charge in [-0.2, -0.15) is 13.2 Å². The number of benzene rings is 2. The number of carbonyl (C=O) groups excluding carboxylic acids is 2. The fraction of sp³-hybridized carbons (Fsp3) is 0.433. The number of aromatic amines is 1. The molecule has 0 atom stereocenters. The molecule has 1 aromatic heterocycles. The number of nitrogens with one attached hydrogen (secondary N) is 1. The van der Waals surface area contributed by atoms with Crippen LogP contribution in [0.25, 0.3) is 10.9 Å². The first-order chi connectivity index (χ1) is 19.0. The number of alkyl halides is 3. The summed E-state index contributed by atoms with van der Waals surface area (Å²) in [5.74, 6) is 0.231. The number of hydrogen-bond donors (Lipinski definition) is 2. The number of pyridine rings is 1. The summed E-state index contributed by atoms with van der Waals surface area (Å²) < 4.78 is 36.9. The van der Waals surface area contributed by atoms with Crippen LogP contribution in [0.15, 0.2) is 59.4 Å². The number of H-pyrrole nitrogens is 1. The number of aryl methyl sites for hydroxylation is 1. The smallest absolute Gasteiger partial charge is 0.446 e. The van der Waals surface area contributed by atoms with Crippen molar-refractivity contribution in [3.8, 4) is 5.75 Å². The van der Waals surface area contributed by atoms with Crippen LogP contribution in [0.3, 0.4) is 0 Å². The minimum Gasteiger partial charge on any atom is -0.506 e. The predicted octanol–water partition coefficient (Wildman–Crippen LogP) is 5.58. The van der Waals surface area contributed by atoms with E-state index in [1.807, 2.05) is 29.2 Å². The number of nitrogens with zero attached hydrogens (tertiary/aromatic N) is 1. The highest BCUT2D eigenvalue weighted by molar-refractivity contribution is 5.87. The Kier molecular flexibility index (Phi) is 13.4. The van der Waals surface area contributed by atoms with Gasteiger partial charge in [-0.15, -0.1) is 0 Å². The SMILES string of the molecule is CC(C)N(CCCCCc1ccc(O)c2[nH]c(=O)ccc12)C(=O)CCOCCc1ccccc1.O=CC(F)(F)F. The third-order valence-corrected chi connectivity index (χ3v) is 6.22. The number of fused-ring (bicyclic) bond motifs is 1. The van der Waals surface area contributed by atoms with Gasteiger partial charge in [0.05, 0.1) is 25.2 Å². The first-order valence-electron chi connectivity index (χ1n) is 13.3. The number of carbonyl (C=O) groups is 2. The number of ether oxygens (including phenoxy) is 1. The van der Waals surface area contributed by atoms with Crippen molar-refractivity contribution in [3.05, 3.63) is 76.1 Å². The molecular weight excluding hydrogens is 525 g/mol. The van der Waals surface area contributed by atoms with E-state index in [-0.39, 0.29) is 23.3 Å². The Morgan fingerprint density at radius 2 is 1.70 bits per heavy atom. The number of aldehydes is 1. The van der Waals surface area contributed by atoms with Crippen molar-refractivity contribution >= 4 is 23.1 Å². The van der Waals surface area contributed by atoms with Crippen molar-refractivity contribution < 1.29 is 32.6 Å². The van der Waals surface area contributed by atoms with Crippen LogP contribution in [-0.2, 0) is 27.2 Å². The first kappa shape index (κ1) is 32.6. The average Bonchev–Trinajstić information content (AvgIpc) is 2.92. The van der Waals surface area contributed by atoms with Crippen molar-refractivity contribution in [2.45, 2.75) is 64.6 Å². The van der Waals surface area contributed by atoms with Gasteiger partial charge < -0.3 is 19.7 Å². The molecule has 2 aromatic carbocycles. The summed E-state index contributed by atoms with van der Waals surface area (Å²) in [6.07, 6.45) is -0.677. The number of phenols is 1. The molecule has 2 N–H and O–H groups in total. The first-order valence-corrected chi connectivity index (χ1v) is 13.3. The number of rotatable bonds is 13. The maximum atomic E-state index is 12.7. The van der Waals surface area contributed by atoms with Crippen LogP contribution < -0.4 is 5.56 Å². The third-order valence-electron chi connectivity index (χ3n) is 6.22. The second-order valence-corrected chi connectivity index (χ2v) is 9.60. The third kappa shape index (κ3) is 11.6. The van der Waals surface area contributed by atoms with Gasteiger partial charge in [-0.3, -0.25) is 14.4 Å². The molecule has 3 rings (SSSR count). The molecule has 10 heteroatoms. The molecule has 0 aliphatic heterocycles. The van der Waals surface area contributed by atoms with Crippen molar-refractivity contribution in [1.29, 1.82) is 0 Å². The van der Waals surface area contributed by atoms with Crippen LogP contribution in [0, 0.1) is 0 Å². The molecule has 0 unspecified atom stereocenters. The maximum absolute atomic E-state index is 12.7. The zero-order valence-corrected chi connectivity index (χ0v) is 22.9. The van der Waals surface area contributed by atoms with Crippen LogP contribution >= 0.6 is 0 Å². The normalized spacial score (nSPS) is 11.2. The van der Waals surface area contributed by atoms with Crippen LogP contribution in [0.4, 0.5) is 13.2 Å². The van der Waals surface area contributed by atoms with E-state index in [2.05, 4.69) is 31.0 Å². The molecule has 40 heavy (non-hydrogen) atoms. The average molecular weight is 563 g/mol.